The standard InChI is InChI=1S/C18H22N4O3S/c1-12-17(20-21-26-12)18(23)22-6-7-25-16-9-14(8-15(16)22)11-24-10-13-2-4-19-5-3-13/h2-5,14-16H,6-11H2,1H3/t14-,15-,16+/m0/s1. The number of fused-ring (bicyclic) bond motifs is 1. The maximum absolute atomic E-state index is 12.9. The van der Waals surface area contributed by atoms with E-state index >= 15 is 0 Å². The largest absolute Gasteiger partial charge is 0.376 e. The number of pyridine rings is 1. The topological polar surface area (TPSA) is 77.4 Å². The van der Waals surface area contributed by atoms with Crippen molar-refractivity contribution in [2.75, 3.05) is 19.8 Å². The molecule has 1 saturated carbocycles. The summed E-state index contributed by atoms with van der Waals surface area (Å²) in [6, 6.07) is 4.02. The number of hydrogen-bond donors (Lipinski definition) is 0. The van der Waals surface area contributed by atoms with Gasteiger partial charge in [-0.05, 0) is 54.9 Å². The number of ether oxygens (including phenoxy) is 2. The minimum atomic E-state index is -0.0205. The number of hydrogen-bond acceptors (Lipinski definition) is 7. The SMILES string of the molecule is Cc1snnc1C(=O)N1CCO[C@@H]2C[C@@H](COCc3ccncc3)C[C@@H]21. The van der Waals surface area contributed by atoms with E-state index in [1.54, 1.807) is 12.4 Å². The number of aromatic nitrogens is 3. The molecule has 2 aliphatic rings. The van der Waals surface area contributed by atoms with E-state index in [1.165, 1.54) is 11.5 Å². The van der Waals surface area contributed by atoms with E-state index in [-0.39, 0.29) is 18.1 Å². The summed E-state index contributed by atoms with van der Waals surface area (Å²) in [5.74, 6) is 0.378. The number of aryl methyl sites for hydroxylation is 1. The zero-order valence-electron chi connectivity index (χ0n) is 14.7. The summed E-state index contributed by atoms with van der Waals surface area (Å²) in [5.41, 5.74) is 1.60. The third-order valence-corrected chi connectivity index (χ3v) is 5.75. The lowest BCUT2D eigenvalue weighted by Gasteiger charge is -2.37. The molecule has 0 N–H and O–H groups in total. The van der Waals surface area contributed by atoms with Gasteiger partial charge in [-0.25, -0.2) is 0 Å². The van der Waals surface area contributed by atoms with Gasteiger partial charge in [-0.3, -0.25) is 9.78 Å². The first kappa shape index (κ1) is 17.5. The second-order valence-electron chi connectivity index (χ2n) is 6.86. The van der Waals surface area contributed by atoms with Crippen molar-refractivity contribution < 1.29 is 14.3 Å². The molecular weight excluding hydrogens is 352 g/mol. The molecule has 1 saturated heterocycles. The van der Waals surface area contributed by atoms with E-state index in [0.717, 1.165) is 23.3 Å². The quantitative estimate of drug-likeness (QED) is 0.797. The summed E-state index contributed by atoms with van der Waals surface area (Å²) >= 11 is 1.27. The van der Waals surface area contributed by atoms with Crippen LogP contribution in [0.5, 0.6) is 0 Å². The van der Waals surface area contributed by atoms with Crippen LogP contribution < -0.4 is 0 Å². The molecule has 1 aliphatic heterocycles. The number of nitrogens with zero attached hydrogens (tertiary/aromatic N) is 4. The molecule has 3 atom stereocenters. The average Bonchev–Trinajstić information content (AvgIpc) is 3.27. The van der Waals surface area contributed by atoms with E-state index < -0.39 is 0 Å². The second-order valence-corrected chi connectivity index (χ2v) is 7.82. The molecule has 2 aromatic rings. The summed E-state index contributed by atoms with van der Waals surface area (Å²) in [4.78, 5) is 19.7. The van der Waals surface area contributed by atoms with Crippen LogP contribution in [-0.2, 0) is 16.1 Å². The molecule has 26 heavy (non-hydrogen) atoms. The number of carbonyl (C=O) groups is 1. The third-order valence-electron chi connectivity index (χ3n) is 5.12. The van der Waals surface area contributed by atoms with Crippen LogP contribution in [0.15, 0.2) is 24.5 Å². The van der Waals surface area contributed by atoms with Crippen molar-refractivity contribution in [3.05, 3.63) is 40.7 Å². The predicted molar refractivity (Wildman–Crippen MR) is 95.8 cm³/mol. The van der Waals surface area contributed by atoms with Crippen LogP contribution in [0.2, 0.25) is 0 Å². The maximum Gasteiger partial charge on any atom is 0.276 e. The van der Waals surface area contributed by atoms with E-state index in [2.05, 4.69) is 14.6 Å². The Labute approximate surface area is 156 Å². The Kier molecular flexibility index (Phi) is 5.23. The summed E-state index contributed by atoms with van der Waals surface area (Å²) in [5, 5.41) is 4.01. The molecule has 0 aromatic carbocycles. The van der Waals surface area contributed by atoms with E-state index in [1.807, 2.05) is 24.0 Å². The van der Waals surface area contributed by atoms with Crippen molar-refractivity contribution in [1.82, 2.24) is 19.5 Å². The third kappa shape index (κ3) is 3.62. The Morgan fingerprint density at radius 1 is 1.38 bits per heavy atom. The first-order valence-corrected chi connectivity index (χ1v) is 9.68. The van der Waals surface area contributed by atoms with Crippen LogP contribution in [-0.4, -0.2) is 57.3 Å². The lowest BCUT2D eigenvalue weighted by atomic mass is 10.1. The van der Waals surface area contributed by atoms with Gasteiger partial charge in [0, 0.05) is 18.9 Å². The van der Waals surface area contributed by atoms with Crippen molar-refractivity contribution >= 4 is 17.4 Å². The highest BCUT2D eigenvalue weighted by molar-refractivity contribution is 7.05. The molecule has 2 fully saturated rings. The van der Waals surface area contributed by atoms with Gasteiger partial charge in [0.1, 0.15) is 0 Å². The van der Waals surface area contributed by atoms with Gasteiger partial charge >= 0.3 is 0 Å². The fraction of sp³-hybridized carbons (Fsp3) is 0.556. The first-order valence-electron chi connectivity index (χ1n) is 8.90. The van der Waals surface area contributed by atoms with Crippen molar-refractivity contribution in [2.24, 2.45) is 5.92 Å². The molecule has 3 heterocycles. The monoisotopic (exact) mass is 374 g/mol. The van der Waals surface area contributed by atoms with E-state index in [0.29, 0.717) is 38.0 Å². The number of carbonyl (C=O) groups excluding carboxylic acids is 1. The van der Waals surface area contributed by atoms with Gasteiger partial charge in [-0.15, -0.1) is 5.10 Å². The molecule has 0 spiro atoms. The molecule has 1 amide bonds. The first-order chi connectivity index (χ1) is 12.7. The molecule has 8 heteroatoms. The van der Waals surface area contributed by atoms with Crippen LogP contribution in [0.1, 0.15) is 33.8 Å². The minimum Gasteiger partial charge on any atom is -0.376 e. The van der Waals surface area contributed by atoms with Crippen LogP contribution in [0, 0.1) is 12.8 Å². The highest BCUT2D eigenvalue weighted by Gasteiger charge is 2.43. The van der Waals surface area contributed by atoms with Crippen LogP contribution >= 0.6 is 11.5 Å². The Bertz CT molecular complexity index is 754. The fourth-order valence-electron chi connectivity index (χ4n) is 3.83. The van der Waals surface area contributed by atoms with Crippen LogP contribution in [0.4, 0.5) is 0 Å². The van der Waals surface area contributed by atoms with Crippen molar-refractivity contribution in [1.29, 1.82) is 0 Å². The molecule has 7 nitrogen and oxygen atoms in total. The van der Waals surface area contributed by atoms with Gasteiger partial charge in [0.05, 0.1) is 36.8 Å². The van der Waals surface area contributed by atoms with E-state index in [4.69, 9.17) is 9.47 Å². The summed E-state index contributed by atoms with van der Waals surface area (Å²) < 4.78 is 15.7. The van der Waals surface area contributed by atoms with Gasteiger partial charge in [0.2, 0.25) is 0 Å². The second kappa shape index (κ2) is 7.77. The predicted octanol–water partition coefficient (Wildman–Crippen LogP) is 2.08. The maximum atomic E-state index is 12.9. The Morgan fingerprint density at radius 3 is 3.00 bits per heavy atom. The zero-order valence-corrected chi connectivity index (χ0v) is 15.5. The summed E-state index contributed by atoms with van der Waals surface area (Å²) in [6.45, 7) is 4.34. The molecule has 0 radical (unpaired) electrons. The number of morpholine rings is 1. The van der Waals surface area contributed by atoms with Crippen molar-refractivity contribution in [3.8, 4) is 0 Å². The summed E-state index contributed by atoms with van der Waals surface area (Å²) in [6.07, 6.45) is 5.47. The number of amides is 1. The lowest BCUT2D eigenvalue weighted by molar-refractivity contribution is -0.0452. The van der Waals surface area contributed by atoms with Gasteiger partial charge < -0.3 is 14.4 Å². The molecule has 1 aliphatic carbocycles. The fourth-order valence-corrected chi connectivity index (χ4v) is 4.29. The van der Waals surface area contributed by atoms with Gasteiger partial charge in [0.15, 0.2) is 5.69 Å². The average molecular weight is 374 g/mol. The molecule has 2 aromatic heterocycles. The van der Waals surface area contributed by atoms with Gasteiger partial charge in [0.25, 0.3) is 5.91 Å². The molecule has 4 rings (SSSR count). The molecule has 0 unspecified atom stereocenters. The smallest absolute Gasteiger partial charge is 0.276 e. The van der Waals surface area contributed by atoms with E-state index in [9.17, 15) is 4.79 Å². The van der Waals surface area contributed by atoms with Crippen LogP contribution in [0.25, 0.3) is 0 Å². The highest BCUT2D eigenvalue weighted by atomic mass is 32.1. The highest BCUT2D eigenvalue weighted by Crippen LogP contribution is 2.35. The zero-order chi connectivity index (χ0) is 17.9. The van der Waals surface area contributed by atoms with Gasteiger partial charge in [-0.1, -0.05) is 4.49 Å². The lowest BCUT2D eigenvalue weighted by Crippen LogP contribution is -2.51. The molecule has 0 bridgehead atoms. The van der Waals surface area contributed by atoms with Crippen molar-refractivity contribution in [2.45, 2.75) is 38.5 Å². The molecule has 138 valence electrons. The molecular formula is C18H22N4O3S. The Morgan fingerprint density at radius 2 is 2.23 bits per heavy atom. The van der Waals surface area contributed by atoms with Gasteiger partial charge in [-0.2, -0.15) is 0 Å². The number of rotatable bonds is 5. The summed E-state index contributed by atoms with van der Waals surface area (Å²) in [7, 11) is 0. The minimum absolute atomic E-state index is 0.0205. The Balaban J connectivity index is 1.35. The van der Waals surface area contributed by atoms with Crippen LogP contribution in [0.3, 0.4) is 0 Å². The van der Waals surface area contributed by atoms with Crippen molar-refractivity contribution in [3.63, 3.8) is 0 Å². The normalized spacial score (nSPS) is 25.3. The Hall–Kier alpha value is -1.90.